The van der Waals surface area contributed by atoms with Gasteiger partial charge in [-0.2, -0.15) is 5.26 Å². The van der Waals surface area contributed by atoms with E-state index in [9.17, 15) is 8.42 Å². The molecule has 5 nitrogen and oxygen atoms in total. The number of nitrogens with one attached hydrogen (secondary N) is 2. The molecular formula is C16H23N3O2S. The topological polar surface area (TPSA) is 82.0 Å². The van der Waals surface area contributed by atoms with Crippen LogP contribution in [0.2, 0.25) is 0 Å². The van der Waals surface area contributed by atoms with Crippen molar-refractivity contribution >= 4 is 10.0 Å². The fourth-order valence-corrected chi connectivity index (χ4v) is 3.84. The molecule has 22 heavy (non-hydrogen) atoms. The van der Waals surface area contributed by atoms with E-state index in [4.69, 9.17) is 5.26 Å². The molecule has 2 N–H and O–H groups in total. The van der Waals surface area contributed by atoms with E-state index in [-0.39, 0.29) is 18.1 Å². The Morgan fingerprint density at radius 3 is 2.32 bits per heavy atom. The zero-order valence-corrected chi connectivity index (χ0v) is 13.9. The Balaban J connectivity index is 2.04. The lowest BCUT2D eigenvalue weighted by Gasteiger charge is -2.34. The predicted octanol–water partition coefficient (Wildman–Crippen LogP) is 2.07. The molecule has 1 aliphatic rings. The highest BCUT2D eigenvalue weighted by Gasteiger charge is 2.28. The summed E-state index contributed by atoms with van der Waals surface area (Å²) in [6, 6.07) is 9.80. The van der Waals surface area contributed by atoms with Crippen molar-refractivity contribution in [1.29, 1.82) is 5.26 Å². The molecular weight excluding hydrogens is 298 g/mol. The van der Waals surface area contributed by atoms with Gasteiger partial charge in [0, 0.05) is 18.1 Å². The van der Waals surface area contributed by atoms with Gasteiger partial charge in [-0.1, -0.05) is 25.0 Å². The minimum Gasteiger partial charge on any atom is -0.306 e. The standard InChI is InChI=1S/C16H23N3O2S/c1-12(14-9-7-13(11-17)8-10-14)18-15-5-3-4-6-16(15)19-22(2,20)21/h7-10,12,15-16,18-19H,3-6H2,1-2H3/t12-,15+,16-/m0/s1. The van der Waals surface area contributed by atoms with Crippen molar-refractivity contribution in [3.8, 4) is 6.07 Å². The maximum atomic E-state index is 11.5. The molecule has 1 fully saturated rings. The SMILES string of the molecule is C[C@H](N[C@@H]1CCCC[C@@H]1NS(C)(=O)=O)c1ccc(C#N)cc1. The molecule has 0 amide bonds. The van der Waals surface area contributed by atoms with Crippen LogP contribution >= 0.6 is 0 Å². The fourth-order valence-electron chi connectivity index (χ4n) is 3.01. The van der Waals surface area contributed by atoms with Crippen molar-refractivity contribution in [2.75, 3.05) is 6.26 Å². The minimum atomic E-state index is -3.19. The van der Waals surface area contributed by atoms with E-state index in [0.29, 0.717) is 5.56 Å². The smallest absolute Gasteiger partial charge is 0.209 e. The van der Waals surface area contributed by atoms with Gasteiger partial charge in [-0.3, -0.25) is 0 Å². The summed E-state index contributed by atoms with van der Waals surface area (Å²) in [7, 11) is -3.19. The minimum absolute atomic E-state index is 0.0513. The Morgan fingerprint density at radius 2 is 1.77 bits per heavy atom. The first-order valence-corrected chi connectivity index (χ1v) is 9.51. The second kappa shape index (κ2) is 7.23. The molecule has 0 aliphatic heterocycles. The molecule has 2 rings (SSSR count). The zero-order chi connectivity index (χ0) is 16.2. The molecule has 120 valence electrons. The number of hydrogen-bond acceptors (Lipinski definition) is 4. The number of nitrogens with zero attached hydrogens (tertiary/aromatic N) is 1. The summed E-state index contributed by atoms with van der Waals surface area (Å²) in [6.07, 6.45) is 5.21. The highest BCUT2D eigenvalue weighted by Crippen LogP contribution is 2.23. The van der Waals surface area contributed by atoms with Crippen LogP contribution in [-0.4, -0.2) is 26.8 Å². The van der Waals surface area contributed by atoms with Crippen LogP contribution in [0.4, 0.5) is 0 Å². The number of nitriles is 1. The summed E-state index contributed by atoms with van der Waals surface area (Å²) < 4.78 is 25.8. The molecule has 0 saturated heterocycles. The summed E-state index contributed by atoms with van der Waals surface area (Å²) in [5, 5.41) is 12.4. The largest absolute Gasteiger partial charge is 0.306 e. The van der Waals surface area contributed by atoms with Gasteiger partial charge in [0.2, 0.25) is 10.0 Å². The molecule has 0 spiro atoms. The van der Waals surface area contributed by atoms with Gasteiger partial charge in [0.1, 0.15) is 0 Å². The number of hydrogen-bond donors (Lipinski definition) is 2. The molecule has 0 aromatic heterocycles. The lowest BCUT2D eigenvalue weighted by atomic mass is 9.90. The fraction of sp³-hybridized carbons (Fsp3) is 0.562. The van der Waals surface area contributed by atoms with Crippen molar-refractivity contribution in [2.24, 2.45) is 0 Å². The van der Waals surface area contributed by atoms with Gasteiger partial charge in [0.15, 0.2) is 0 Å². The van der Waals surface area contributed by atoms with Crippen molar-refractivity contribution in [3.05, 3.63) is 35.4 Å². The summed E-state index contributed by atoms with van der Waals surface area (Å²) in [5.41, 5.74) is 1.74. The molecule has 1 aromatic rings. The van der Waals surface area contributed by atoms with Crippen molar-refractivity contribution in [1.82, 2.24) is 10.0 Å². The van der Waals surface area contributed by atoms with Crippen LogP contribution in [0.25, 0.3) is 0 Å². The number of sulfonamides is 1. The highest BCUT2D eigenvalue weighted by atomic mass is 32.2. The van der Waals surface area contributed by atoms with Gasteiger partial charge in [0.25, 0.3) is 0 Å². The van der Waals surface area contributed by atoms with Crippen molar-refractivity contribution in [2.45, 2.75) is 50.7 Å². The summed E-state index contributed by atoms with van der Waals surface area (Å²) >= 11 is 0. The first-order chi connectivity index (χ1) is 10.4. The molecule has 0 heterocycles. The average Bonchev–Trinajstić information content (AvgIpc) is 2.48. The first-order valence-electron chi connectivity index (χ1n) is 7.62. The van der Waals surface area contributed by atoms with Crippen LogP contribution in [0.1, 0.15) is 49.8 Å². The van der Waals surface area contributed by atoms with Crippen LogP contribution < -0.4 is 10.0 Å². The van der Waals surface area contributed by atoms with Gasteiger partial charge in [0.05, 0.1) is 17.9 Å². The average molecular weight is 321 g/mol. The van der Waals surface area contributed by atoms with Crippen LogP contribution in [-0.2, 0) is 10.0 Å². The second-order valence-electron chi connectivity index (χ2n) is 6.01. The second-order valence-corrected chi connectivity index (χ2v) is 7.79. The Morgan fingerprint density at radius 1 is 1.18 bits per heavy atom. The Bertz CT molecular complexity index is 634. The molecule has 1 aromatic carbocycles. The first kappa shape index (κ1) is 16.9. The van der Waals surface area contributed by atoms with Crippen LogP contribution in [0, 0.1) is 11.3 Å². The lowest BCUT2D eigenvalue weighted by molar-refractivity contribution is 0.291. The van der Waals surface area contributed by atoms with E-state index < -0.39 is 10.0 Å². The predicted molar refractivity (Wildman–Crippen MR) is 86.7 cm³/mol. The number of rotatable bonds is 5. The van der Waals surface area contributed by atoms with E-state index >= 15 is 0 Å². The quantitative estimate of drug-likeness (QED) is 0.870. The van der Waals surface area contributed by atoms with Gasteiger partial charge in [-0.25, -0.2) is 13.1 Å². The maximum absolute atomic E-state index is 11.5. The monoisotopic (exact) mass is 321 g/mol. The van der Waals surface area contributed by atoms with Crippen LogP contribution in [0.15, 0.2) is 24.3 Å². The van der Waals surface area contributed by atoms with Gasteiger partial charge >= 0.3 is 0 Å². The Labute approximate surface area is 132 Å². The van der Waals surface area contributed by atoms with Gasteiger partial charge in [-0.15, -0.1) is 0 Å². The van der Waals surface area contributed by atoms with E-state index in [1.807, 2.05) is 12.1 Å². The van der Waals surface area contributed by atoms with Crippen molar-refractivity contribution in [3.63, 3.8) is 0 Å². The summed E-state index contributed by atoms with van der Waals surface area (Å²) in [5.74, 6) is 0. The molecule has 0 radical (unpaired) electrons. The molecule has 0 bridgehead atoms. The van der Waals surface area contributed by atoms with Crippen LogP contribution in [0.5, 0.6) is 0 Å². The summed E-state index contributed by atoms with van der Waals surface area (Å²) in [4.78, 5) is 0. The molecule has 3 atom stereocenters. The van der Waals surface area contributed by atoms with Crippen molar-refractivity contribution < 1.29 is 8.42 Å². The maximum Gasteiger partial charge on any atom is 0.209 e. The number of benzene rings is 1. The third kappa shape index (κ3) is 4.80. The molecule has 1 saturated carbocycles. The normalized spacial score (nSPS) is 23.7. The lowest BCUT2D eigenvalue weighted by Crippen LogP contribution is -2.51. The Hall–Kier alpha value is -1.42. The third-order valence-corrected chi connectivity index (χ3v) is 4.87. The van der Waals surface area contributed by atoms with E-state index in [2.05, 4.69) is 23.0 Å². The zero-order valence-electron chi connectivity index (χ0n) is 13.0. The molecule has 0 unspecified atom stereocenters. The van der Waals surface area contributed by atoms with Gasteiger partial charge in [-0.05, 0) is 37.5 Å². The highest BCUT2D eigenvalue weighted by molar-refractivity contribution is 7.88. The van der Waals surface area contributed by atoms with Gasteiger partial charge < -0.3 is 5.32 Å². The third-order valence-electron chi connectivity index (χ3n) is 4.14. The molecule has 1 aliphatic carbocycles. The van der Waals surface area contributed by atoms with Crippen LogP contribution in [0.3, 0.4) is 0 Å². The molecule has 6 heteroatoms. The van der Waals surface area contributed by atoms with E-state index in [1.54, 1.807) is 12.1 Å². The van der Waals surface area contributed by atoms with E-state index in [0.717, 1.165) is 31.2 Å². The summed E-state index contributed by atoms with van der Waals surface area (Å²) in [6.45, 7) is 2.06. The van der Waals surface area contributed by atoms with E-state index in [1.165, 1.54) is 6.26 Å². The Kier molecular flexibility index (Phi) is 5.57.